The van der Waals surface area contributed by atoms with Gasteiger partial charge in [0, 0.05) is 17.8 Å². The number of halogens is 3. The Morgan fingerprint density at radius 3 is 2.50 bits per heavy atom. The summed E-state index contributed by atoms with van der Waals surface area (Å²) in [7, 11) is 0. The van der Waals surface area contributed by atoms with Crippen LogP contribution in [0.25, 0.3) is 0 Å². The molecule has 0 aliphatic heterocycles. The van der Waals surface area contributed by atoms with E-state index in [0.29, 0.717) is 8.92 Å². The molecule has 1 aliphatic carbocycles. The van der Waals surface area contributed by atoms with Gasteiger partial charge in [0.1, 0.15) is 15.4 Å². The fourth-order valence-corrected chi connectivity index (χ4v) is 4.18. The largest absolute Gasteiger partial charge is 0.348 e. The smallest absolute Gasteiger partial charge is 0.272 e. The van der Waals surface area contributed by atoms with Crippen molar-refractivity contribution in [1.82, 2.24) is 10.3 Å². The molecule has 0 radical (unpaired) electrons. The van der Waals surface area contributed by atoms with Crippen LogP contribution in [0.3, 0.4) is 0 Å². The molecule has 0 spiro atoms. The van der Waals surface area contributed by atoms with Gasteiger partial charge in [-0.25, -0.2) is 13.8 Å². The number of aromatic nitrogens is 1. The van der Waals surface area contributed by atoms with Crippen LogP contribution in [0.15, 0.2) is 22.0 Å². The molecule has 1 aromatic carbocycles. The molecule has 1 fully saturated rings. The minimum Gasteiger partial charge on any atom is -0.348 e. The van der Waals surface area contributed by atoms with Crippen LogP contribution in [0.1, 0.15) is 42.6 Å². The van der Waals surface area contributed by atoms with E-state index in [2.05, 4.69) is 31.5 Å². The van der Waals surface area contributed by atoms with Gasteiger partial charge in [-0.15, -0.1) is 0 Å². The van der Waals surface area contributed by atoms with Crippen LogP contribution in [0.2, 0.25) is 0 Å². The molecule has 0 unspecified atom stereocenters. The number of rotatable bonds is 4. The molecule has 2 aromatic rings. The molecule has 1 aromatic heterocycles. The zero-order valence-electron chi connectivity index (χ0n) is 12.7. The molecular formula is C16H16BrF2N3OS. The first-order chi connectivity index (χ1) is 11.5. The Bertz CT molecular complexity index is 727. The lowest BCUT2D eigenvalue weighted by Crippen LogP contribution is -2.36. The van der Waals surface area contributed by atoms with Crippen molar-refractivity contribution in [3.05, 3.63) is 39.3 Å². The molecule has 3 rings (SSSR count). The van der Waals surface area contributed by atoms with Crippen molar-refractivity contribution in [2.45, 2.75) is 38.1 Å². The first kappa shape index (κ1) is 17.3. The SMILES string of the molecule is O=C(NC1CCCCC1)c1nc(Nc2cc(F)cc(F)c2)sc1Br. The summed E-state index contributed by atoms with van der Waals surface area (Å²) in [5, 5.41) is 6.21. The summed E-state index contributed by atoms with van der Waals surface area (Å²) in [5.41, 5.74) is 0.526. The second-order valence-corrected chi connectivity index (χ2v) is 8.05. The minimum atomic E-state index is -0.677. The van der Waals surface area contributed by atoms with Crippen LogP contribution < -0.4 is 10.6 Å². The number of hydrogen-bond acceptors (Lipinski definition) is 4. The van der Waals surface area contributed by atoms with Crippen LogP contribution in [0.5, 0.6) is 0 Å². The summed E-state index contributed by atoms with van der Waals surface area (Å²) < 4.78 is 27.0. The highest BCUT2D eigenvalue weighted by molar-refractivity contribution is 9.11. The summed E-state index contributed by atoms with van der Waals surface area (Å²) >= 11 is 4.53. The number of nitrogens with one attached hydrogen (secondary N) is 2. The summed E-state index contributed by atoms with van der Waals surface area (Å²) in [6, 6.07) is 3.32. The van der Waals surface area contributed by atoms with Crippen LogP contribution in [0, 0.1) is 11.6 Å². The van der Waals surface area contributed by atoms with E-state index in [9.17, 15) is 13.6 Å². The summed E-state index contributed by atoms with van der Waals surface area (Å²) in [6.07, 6.45) is 5.44. The average molecular weight is 416 g/mol. The molecule has 0 saturated heterocycles. The number of amides is 1. The van der Waals surface area contributed by atoms with Gasteiger partial charge in [0.15, 0.2) is 10.8 Å². The maximum absolute atomic E-state index is 13.2. The predicted octanol–water partition coefficient (Wildman–Crippen LogP) is 4.99. The predicted molar refractivity (Wildman–Crippen MR) is 93.8 cm³/mol. The Kier molecular flexibility index (Phi) is 5.45. The van der Waals surface area contributed by atoms with Crippen LogP contribution in [0.4, 0.5) is 19.6 Å². The molecule has 2 N–H and O–H groups in total. The first-order valence-electron chi connectivity index (χ1n) is 7.71. The third-order valence-electron chi connectivity index (χ3n) is 3.86. The number of carbonyl (C=O) groups is 1. The van der Waals surface area contributed by atoms with Gasteiger partial charge in [-0.1, -0.05) is 30.6 Å². The van der Waals surface area contributed by atoms with Gasteiger partial charge in [0.05, 0.1) is 0 Å². The normalized spacial score (nSPS) is 15.3. The quantitative estimate of drug-likeness (QED) is 0.739. The maximum atomic E-state index is 13.2. The minimum absolute atomic E-state index is 0.188. The Morgan fingerprint density at radius 1 is 1.17 bits per heavy atom. The van der Waals surface area contributed by atoms with Crippen molar-refractivity contribution in [2.24, 2.45) is 0 Å². The number of carbonyl (C=O) groups excluding carboxylic acids is 1. The highest BCUT2D eigenvalue weighted by Crippen LogP contribution is 2.31. The van der Waals surface area contributed by atoms with E-state index < -0.39 is 11.6 Å². The molecular weight excluding hydrogens is 400 g/mol. The van der Waals surface area contributed by atoms with Gasteiger partial charge in [0.2, 0.25) is 0 Å². The Morgan fingerprint density at radius 2 is 1.83 bits per heavy atom. The monoisotopic (exact) mass is 415 g/mol. The Labute approximate surface area is 150 Å². The number of anilines is 2. The van der Waals surface area contributed by atoms with Gasteiger partial charge in [-0.05, 0) is 40.9 Å². The van der Waals surface area contributed by atoms with Crippen molar-refractivity contribution >= 4 is 44.0 Å². The third kappa shape index (κ3) is 4.30. The third-order valence-corrected chi connectivity index (χ3v) is 5.48. The molecule has 1 aliphatic rings. The second kappa shape index (κ2) is 7.57. The highest BCUT2D eigenvalue weighted by atomic mass is 79.9. The molecule has 128 valence electrons. The van der Waals surface area contributed by atoms with E-state index in [4.69, 9.17) is 0 Å². The number of thiazole rings is 1. The lowest BCUT2D eigenvalue weighted by atomic mass is 9.95. The van der Waals surface area contributed by atoms with E-state index >= 15 is 0 Å². The fraction of sp³-hybridized carbons (Fsp3) is 0.375. The molecule has 1 amide bonds. The van der Waals surface area contributed by atoms with Crippen LogP contribution in [-0.4, -0.2) is 16.9 Å². The molecule has 1 heterocycles. The van der Waals surface area contributed by atoms with E-state index in [0.717, 1.165) is 31.7 Å². The van der Waals surface area contributed by atoms with Gasteiger partial charge in [-0.3, -0.25) is 4.79 Å². The van der Waals surface area contributed by atoms with Crippen molar-refractivity contribution in [2.75, 3.05) is 5.32 Å². The average Bonchev–Trinajstić information content (AvgIpc) is 2.88. The summed E-state index contributed by atoms with van der Waals surface area (Å²) in [4.78, 5) is 16.6. The molecule has 24 heavy (non-hydrogen) atoms. The van der Waals surface area contributed by atoms with E-state index in [-0.39, 0.29) is 23.3 Å². The lowest BCUT2D eigenvalue weighted by Gasteiger charge is -2.22. The van der Waals surface area contributed by atoms with Crippen LogP contribution >= 0.6 is 27.3 Å². The van der Waals surface area contributed by atoms with Gasteiger partial charge >= 0.3 is 0 Å². The number of hydrogen-bond donors (Lipinski definition) is 2. The maximum Gasteiger partial charge on any atom is 0.272 e. The molecule has 0 atom stereocenters. The zero-order chi connectivity index (χ0) is 17.1. The summed E-state index contributed by atoms with van der Waals surface area (Å²) in [5.74, 6) is -1.59. The van der Waals surface area contributed by atoms with Gasteiger partial charge in [0.25, 0.3) is 5.91 Å². The van der Waals surface area contributed by atoms with Crippen molar-refractivity contribution in [3.8, 4) is 0 Å². The Hall–Kier alpha value is -1.54. The highest BCUT2D eigenvalue weighted by Gasteiger charge is 2.21. The van der Waals surface area contributed by atoms with Gasteiger partial charge < -0.3 is 10.6 Å². The number of nitrogens with zero attached hydrogens (tertiary/aromatic N) is 1. The molecule has 4 nitrogen and oxygen atoms in total. The lowest BCUT2D eigenvalue weighted by molar-refractivity contribution is 0.0922. The first-order valence-corrected chi connectivity index (χ1v) is 9.32. The van der Waals surface area contributed by atoms with E-state index in [1.807, 2.05) is 0 Å². The molecule has 0 bridgehead atoms. The standard InChI is InChI=1S/C16H16BrF2N3OS/c17-14-13(15(23)20-11-4-2-1-3-5-11)22-16(24-14)21-12-7-9(18)6-10(19)8-12/h6-8,11H,1-5H2,(H,20,23)(H,21,22). The summed E-state index contributed by atoms with van der Waals surface area (Å²) in [6.45, 7) is 0. The van der Waals surface area contributed by atoms with Crippen molar-refractivity contribution in [3.63, 3.8) is 0 Å². The second-order valence-electron chi connectivity index (χ2n) is 5.73. The number of benzene rings is 1. The van der Waals surface area contributed by atoms with E-state index in [1.54, 1.807) is 0 Å². The Balaban J connectivity index is 1.70. The molecule has 8 heteroatoms. The van der Waals surface area contributed by atoms with Crippen LogP contribution in [-0.2, 0) is 0 Å². The van der Waals surface area contributed by atoms with Crippen molar-refractivity contribution in [1.29, 1.82) is 0 Å². The van der Waals surface area contributed by atoms with Gasteiger partial charge in [-0.2, -0.15) is 0 Å². The topological polar surface area (TPSA) is 54.0 Å². The fourth-order valence-electron chi connectivity index (χ4n) is 2.75. The molecule has 1 saturated carbocycles. The van der Waals surface area contributed by atoms with E-state index in [1.165, 1.54) is 29.9 Å². The zero-order valence-corrected chi connectivity index (χ0v) is 15.1. The van der Waals surface area contributed by atoms with Crippen molar-refractivity contribution < 1.29 is 13.6 Å².